The normalized spacial score (nSPS) is 17.2. The van der Waals surface area contributed by atoms with Crippen LogP contribution in [0.3, 0.4) is 0 Å². The molecule has 1 aliphatic rings. The molecule has 1 aliphatic heterocycles. The highest BCUT2D eigenvalue weighted by Gasteiger charge is 2.40. The van der Waals surface area contributed by atoms with Gasteiger partial charge in [-0.05, 0) is 52.3 Å². The summed E-state index contributed by atoms with van der Waals surface area (Å²) in [5.41, 5.74) is 0.239. The number of hydrogen-bond acceptors (Lipinski definition) is 5. The van der Waals surface area contributed by atoms with Gasteiger partial charge in [-0.1, -0.05) is 0 Å². The number of benzene rings is 1. The van der Waals surface area contributed by atoms with Crippen LogP contribution in [0.15, 0.2) is 12.1 Å². The van der Waals surface area contributed by atoms with Gasteiger partial charge in [0, 0.05) is 12.0 Å². The average molecular weight is 322 g/mol. The minimum Gasteiger partial charge on any atom is -0.493 e. The van der Waals surface area contributed by atoms with E-state index >= 15 is 0 Å². The van der Waals surface area contributed by atoms with Crippen molar-refractivity contribution in [3.8, 4) is 11.5 Å². The second-order valence-electron chi connectivity index (χ2n) is 7.09. The van der Waals surface area contributed by atoms with Crippen LogP contribution in [0.25, 0.3) is 0 Å². The zero-order valence-electron chi connectivity index (χ0n) is 14.7. The molecule has 0 aliphatic carbocycles. The number of fused-ring (bicyclic) bond motifs is 1. The van der Waals surface area contributed by atoms with Crippen molar-refractivity contribution in [1.82, 2.24) is 0 Å². The van der Waals surface area contributed by atoms with E-state index in [1.807, 2.05) is 19.9 Å². The number of rotatable bonds is 5. The average Bonchev–Trinajstić information content (AvgIpc) is 2.79. The first kappa shape index (κ1) is 17.6. The predicted octanol–water partition coefficient (Wildman–Crippen LogP) is 3.03. The first-order valence-corrected chi connectivity index (χ1v) is 7.87. The summed E-state index contributed by atoms with van der Waals surface area (Å²) in [6.45, 7) is 9.39. The van der Waals surface area contributed by atoms with Gasteiger partial charge in [0.15, 0.2) is 11.5 Å². The van der Waals surface area contributed by atoms with Gasteiger partial charge in [-0.3, -0.25) is 4.79 Å². The minimum absolute atomic E-state index is 0.282. The Morgan fingerprint density at radius 1 is 1.43 bits per heavy atom. The van der Waals surface area contributed by atoms with E-state index < -0.39 is 17.5 Å². The quantitative estimate of drug-likeness (QED) is 0.844. The lowest BCUT2D eigenvalue weighted by molar-refractivity contribution is -0.160. The van der Waals surface area contributed by atoms with E-state index in [0.717, 1.165) is 12.0 Å². The standard InChI is InChI=1S/C18H26O5/c1-7-22-16(20)18(4,5)15(19)11-8-12-10-17(2,3)23-14(12)13(9-11)21-6/h8-9,15,19H,7,10H2,1-6H3. The van der Waals surface area contributed by atoms with Crippen molar-refractivity contribution in [1.29, 1.82) is 0 Å². The fourth-order valence-electron chi connectivity index (χ4n) is 2.86. The van der Waals surface area contributed by atoms with E-state index in [-0.39, 0.29) is 12.2 Å². The fourth-order valence-corrected chi connectivity index (χ4v) is 2.86. The topological polar surface area (TPSA) is 65.0 Å². The van der Waals surface area contributed by atoms with E-state index in [1.165, 1.54) is 0 Å². The maximum absolute atomic E-state index is 12.1. The van der Waals surface area contributed by atoms with E-state index in [2.05, 4.69) is 0 Å². The molecule has 23 heavy (non-hydrogen) atoms. The van der Waals surface area contributed by atoms with Crippen molar-refractivity contribution in [3.63, 3.8) is 0 Å². The third-order valence-corrected chi connectivity index (χ3v) is 4.17. The lowest BCUT2D eigenvalue weighted by atomic mass is 9.82. The Hall–Kier alpha value is -1.75. The molecule has 2 rings (SSSR count). The van der Waals surface area contributed by atoms with Crippen LogP contribution in [0.2, 0.25) is 0 Å². The number of esters is 1. The smallest absolute Gasteiger partial charge is 0.314 e. The number of hydrogen-bond donors (Lipinski definition) is 1. The SMILES string of the molecule is CCOC(=O)C(C)(C)C(O)c1cc2c(c(OC)c1)OC(C)(C)C2. The molecule has 128 valence electrons. The molecule has 0 saturated heterocycles. The molecule has 0 saturated carbocycles. The Kier molecular flexibility index (Phi) is 4.62. The molecular formula is C18H26O5. The number of carbonyl (C=O) groups is 1. The van der Waals surface area contributed by atoms with Gasteiger partial charge in [0.05, 0.1) is 25.2 Å². The van der Waals surface area contributed by atoms with Gasteiger partial charge in [-0.25, -0.2) is 0 Å². The Labute approximate surface area is 137 Å². The molecule has 1 unspecified atom stereocenters. The molecule has 5 heteroatoms. The highest BCUT2D eigenvalue weighted by molar-refractivity contribution is 5.77. The van der Waals surface area contributed by atoms with Crippen molar-refractivity contribution in [3.05, 3.63) is 23.3 Å². The molecule has 1 aromatic rings. The highest BCUT2D eigenvalue weighted by Crippen LogP contribution is 2.45. The van der Waals surface area contributed by atoms with Crippen LogP contribution < -0.4 is 9.47 Å². The summed E-state index contributed by atoms with van der Waals surface area (Å²) in [7, 11) is 1.57. The monoisotopic (exact) mass is 322 g/mol. The van der Waals surface area contributed by atoms with Crippen LogP contribution >= 0.6 is 0 Å². The van der Waals surface area contributed by atoms with Gasteiger partial charge in [0.25, 0.3) is 0 Å². The van der Waals surface area contributed by atoms with E-state index in [9.17, 15) is 9.90 Å². The molecule has 1 heterocycles. The van der Waals surface area contributed by atoms with Crippen LogP contribution in [0, 0.1) is 5.41 Å². The zero-order chi connectivity index (χ0) is 17.4. The molecule has 0 fully saturated rings. The number of aliphatic hydroxyl groups excluding tert-OH is 1. The van der Waals surface area contributed by atoms with Crippen LogP contribution in [0.5, 0.6) is 11.5 Å². The van der Waals surface area contributed by atoms with Gasteiger partial charge in [0.2, 0.25) is 0 Å². The zero-order valence-corrected chi connectivity index (χ0v) is 14.7. The minimum atomic E-state index is -1.05. The molecule has 0 bridgehead atoms. The molecule has 1 atom stereocenters. The van der Waals surface area contributed by atoms with E-state index in [4.69, 9.17) is 14.2 Å². The molecule has 0 spiro atoms. The predicted molar refractivity (Wildman–Crippen MR) is 86.8 cm³/mol. The summed E-state index contributed by atoms with van der Waals surface area (Å²) in [4.78, 5) is 12.1. The summed E-state index contributed by atoms with van der Waals surface area (Å²) >= 11 is 0. The molecule has 0 amide bonds. The second-order valence-corrected chi connectivity index (χ2v) is 7.09. The Morgan fingerprint density at radius 3 is 2.65 bits per heavy atom. The summed E-state index contributed by atoms with van der Waals surface area (Å²) in [6.07, 6.45) is -0.275. The number of ether oxygens (including phenoxy) is 3. The van der Waals surface area contributed by atoms with Gasteiger partial charge in [-0.15, -0.1) is 0 Å². The first-order chi connectivity index (χ1) is 10.6. The van der Waals surface area contributed by atoms with Crippen molar-refractivity contribution >= 4 is 5.97 Å². The maximum Gasteiger partial charge on any atom is 0.314 e. The molecule has 1 aromatic carbocycles. The van der Waals surface area contributed by atoms with Crippen molar-refractivity contribution in [2.24, 2.45) is 5.41 Å². The van der Waals surface area contributed by atoms with Crippen LogP contribution in [-0.4, -0.2) is 30.4 Å². The van der Waals surface area contributed by atoms with Gasteiger partial charge >= 0.3 is 5.97 Å². The molecule has 0 aromatic heterocycles. The molecule has 0 radical (unpaired) electrons. The number of methoxy groups -OCH3 is 1. The highest BCUT2D eigenvalue weighted by atomic mass is 16.5. The van der Waals surface area contributed by atoms with Gasteiger partial charge < -0.3 is 19.3 Å². The van der Waals surface area contributed by atoms with Gasteiger partial charge in [-0.2, -0.15) is 0 Å². The first-order valence-electron chi connectivity index (χ1n) is 7.87. The van der Waals surface area contributed by atoms with Crippen molar-refractivity contribution in [2.45, 2.75) is 52.7 Å². The molecule has 1 N–H and O–H groups in total. The van der Waals surface area contributed by atoms with Crippen LogP contribution in [0.1, 0.15) is 51.8 Å². The summed E-state index contributed by atoms with van der Waals surface area (Å²) in [5, 5.41) is 10.7. The summed E-state index contributed by atoms with van der Waals surface area (Å²) in [5.74, 6) is 0.854. The fraction of sp³-hybridized carbons (Fsp3) is 0.611. The van der Waals surface area contributed by atoms with Crippen LogP contribution in [-0.2, 0) is 16.0 Å². The Bertz CT molecular complexity index is 604. The van der Waals surface area contributed by atoms with E-state index in [0.29, 0.717) is 17.1 Å². The van der Waals surface area contributed by atoms with Gasteiger partial charge in [0.1, 0.15) is 5.60 Å². The Morgan fingerprint density at radius 2 is 2.09 bits per heavy atom. The number of aliphatic hydroxyl groups is 1. The third-order valence-electron chi connectivity index (χ3n) is 4.17. The van der Waals surface area contributed by atoms with Crippen molar-refractivity contribution < 1.29 is 24.1 Å². The van der Waals surface area contributed by atoms with Crippen molar-refractivity contribution in [2.75, 3.05) is 13.7 Å². The summed E-state index contributed by atoms with van der Waals surface area (Å²) < 4.78 is 16.4. The lowest BCUT2D eigenvalue weighted by Gasteiger charge is -2.29. The maximum atomic E-state index is 12.1. The third kappa shape index (κ3) is 3.29. The Balaban J connectivity index is 2.40. The largest absolute Gasteiger partial charge is 0.493 e. The lowest BCUT2D eigenvalue weighted by Crippen LogP contribution is -2.33. The van der Waals surface area contributed by atoms with E-state index in [1.54, 1.807) is 33.9 Å². The number of carbonyl (C=O) groups excluding carboxylic acids is 1. The van der Waals surface area contributed by atoms with Crippen LogP contribution in [0.4, 0.5) is 0 Å². The summed E-state index contributed by atoms with van der Waals surface area (Å²) in [6, 6.07) is 3.62. The molecular weight excluding hydrogens is 296 g/mol. The molecule has 5 nitrogen and oxygen atoms in total. The second kappa shape index (κ2) is 6.04.